The maximum absolute atomic E-state index is 10.8. The summed E-state index contributed by atoms with van der Waals surface area (Å²) in [4.78, 5) is 10.8. The number of hydrogen-bond acceptors (Lipinski definition) is 3. The lowest BCUT2D eigenvalue weighted by atomic mass is 9.99. The molecule has 1 aliphatic rings. The third-order valence-corrected chi connectivity index (χ3v) is 2.98. The van der Waals surface area contributed by atoms with Crippen molar-refractivity contribution in [3.05, 3.63) is 29.8 Å². The Morgan fingerprint density at radius 1 is 1.47 bits per heavy atom. The van der Waals surface area contributed by atoms with Crippen LogP contribution in [0.25, 0.3) is 5.57 Å². The lowest BCUT2D eigenvalue weighted by Gasteiger charge is -2.18. The molecule has 2 rings (SSSR count). The summed E-state index contributed by atoms with van der Waals surface area (Å²) >= 11 is 0. The number of aliphatic carboxylic acids is 1. The highest BCUT2D eigenvalue weighted by molar-refractivity contribution is 5.86. The highest BCUT2D eigenvalue weighted by atomic mass is 16.5. The van der Waals surface area contributed by atoms with Crippen LogP contribution < -0.4 is 9.47 Å². The van der Waals surface area contributed by atoms with Gasteiger partial charge in [-0.2, -0.15) is 0 Å². The molecular weight excluding hydrogens is 244 g/mol. The third kappa shape index (κ3) is 3.50. The van der Waals surface area contributed by atoms with Gasteiger partial charge < -0.3 is 14.6 Å². The molecule has 4 heteroatoms. The number of carboxylic acid groups (broad SMARTS) is 1. The van der Waals surface area contributed by atoms with Crippen molar-refractivity contribution in [2.24, 2.45) is 0 Å². The van der Waals surface area contributed by atoms with Gasteiger partial charge in [-0.15, -0.1) is 0 Å². The number of rotatable bonds is 6. The molecule has 0 fully saturated rings. The molecule has 0 amide bonds. The minimum absolute atomic E-state index is 0.0202. The lowest BCUT2D eigenvalue weighted by molar-refractivity contribution is -0.135. The van der Waals surface area contributed by atoms with Crippen LogP contribution >= 0.6 is 0 Å². The van der Waals surface area contributed by atoms with E-state index >= 15 is 0 Å². The monoisotopic (exact) mass is 262 g/mol. The summed E-state index contributed by atoms with van der Waals surface area (Å²) in [6.45, 7) is 3.21. The standard InChI is InChI=1S/C15H18O4/c1-2-3-7-18-12-4-5-13-11(9-15(16)17)6-8-19-14(13)10-12/h4-6,10H,2-3,7-9H2,1H3,(H,16,17). The first-order chi connectivity index (χ1) is 9.20. The van der Waals surface area contributed by atoms with E-state index in [0.717, 1.165) is 29.7 Å². The molecule has 19 heavy (non-hydrogen) atoms. The average Bonchev–Trinajstić information content (AvgIpc) is 2.38. The van der Waals surface area contributed by atoms with Gasteiger partial charge in [0.15, 0.2) is 0 Å². The maximum atomic E-state index is 10.8. The Kier molecular flexibility index (Phi) is 4.44. The Morgan fingerprint density at radius 2 is 2.32 bits per heavy atom. The zero-order valence-electron chi connectivity index (χ0n) is 11.0. The smallest absolute Gasteiger partial charge is 0.307 e. The molecule has 0 aliphatic carbocycles. The van der Waals surface area contributed by atoms with Crippen LogP contribution in [0.1, 0.15) is 31.7 Å². The van der Waals surface area contributed by atoms with Gasteiger partial charge >= 0.3 is 5.97 Å². The fraction of sp³-hybridized carbons (Fsp3) is 0.400. The van der Waals surface area contributed by atoms with Crippen molar-refractivity contribution in [3.63, 3.8) is 0 Å². The van der Waals surface area contributed by atoms with Gasteiger partial charge in [-0.1, -0.05) is 13.3 Å². The maximum Gasteiger partial charge on any atom is 0.307 e. The normalized spacial score (nSPS) is 13.2. The Labute approximate surface area is 112 Å². The summed E-state index contributed by atoms with van der Waals surface area (Å²) in [5.41, 5.74) is 1.64. The first-order valence-electron chi connectivity index (χ1n) is 6.51. The summed E-state index contributed by atoms with van der Waals surface area (Å²) < 4.78 is 11.1. The van der Waals surface area contributed by atoms with E-state index in [1.807, 2.05) is 24.3 Å². The van der Waals surface area contributed by atoms with E-state index in [9.17, 15) is 4.79 Å². The molecular formula is C15H18O4. The van der Waals surface area contributed by atoms with E-state index in [-0.39, 0.29) is 6.42 Å². The molecule has 0 saturated carbocycles. The largest absolute Gasteiger partial charge is 0.493 e. The minimum Gasteiger partial charge on any atom is -0.493 e. The van der Waals surface area contributed by atoms with Crippen molar-refractivity contribution in [1.29, 1.82) is 0 Å². The zero-order chi connectivity index (χ0) is 13.7. The number of ether oxygens (including phenoxy) is 2. The van der Waals surface area contributed by atoms with Gasteiger partial charge in [0.05, 0.1) is 13.0 Å². The molecule has 1 heterocycles. The molecule has 1 aromatic carbocycles. The van der Waals surface area contributed by atoms with Crippen molar-refractivity contribution in [1.82, 2.24) is 0 Å². The van der Waals surface area contributed by atoms with E-state index in [4.69, 9.17) is 14.6 Å². The number of unbranched alkanes of at least 4 members (excludes halogenated alkanes) is 1. The van der Waals surface area contributed by atoms with Gasteiger partial charge in [-0.25, -0.2) is 0 Å². The number of benzene rings is 1. The highest BCUT2D eigenvalue weighted by Gasteiger charge is 2.16. The lowest BCUT2D eigenvalue weighted by Crippen LogP contribution is -2.08. The molecule has 1 N–H and O–H groups in total. The molecule has 0 bridgehead atoms. The van der Waals surface area contributed by atoms with Crippen LogP contribution in [0.15, 0.2) is 24.3 Å². The van der Waals surface area contributed by atoms with Crippen LogP contribution in [0, 0.1) is 0 Å². The second kappa shape index (κ2) is 6.27. The van der Waals surface area contributed by atoms with Crippen LogP contribution in [0.2, 0.25) is 0 Å². The van der Waals surface area contributed by atoms with E-state index in [1.165, 1.54) is 0 Å². The number of carbonyl (C=O) groups is 1. The van der Waals surface area contributed by atoms with Crippen molar-refractivity contribution in [2.75, 3.05) is 13.2 Å². The molecule has 0 atom stereocenters. The first-order valence-corrected chi connectivity index (χ1v) is 6.51. The summed E-state index contributed by atoms with van der Waals surface area (Å²) in [5.74, 6) is 0.638. The summed E-state index contributed by atoms with van der Waals surface area (Å²) in [6.07, 6.45) is 3.94. The van der Waals surface area contributed by atoms with Crippen LogP contribution in [0.4, 0.5) is 0 Å². The fourth-order valence-corrected chi connectivity index (χ4v) is 1.98. The summed E-state index contributed by atoms with van der Waals surface area (Å²) in [7, 11) is 0. The van der Waals surface area contributed by atoms with Crippen molar-refractivity contribution < 1.29 is 19.4 Å². The van der Waals surface area contributed by atoms with Crippen molar-refractivity contribution in [2.45, 2.75) is 26.2 Å². The molecule has 0 saturated heterocycles. The Hall–Kier alpha value is -1.97. The molecule has 102 valence electrons. The van der Waals surface area contributed by atoms with E-state index in [1.54, 1.807) is 0 Å². The van der Waals surface area contributed by atoms with E-state index in [2.05, 4.69) is 6.92 Å². The van der Waals surface area contributed by atoms with Gasteiger partial charge in [-0.3, -0.25) is 4.79 Å². The predicted octanol–water partition coefficient (Wildman–Crippen LogP) is 3.12. The first kappa shape index (κ1) is 13.5. The second-order valence-electron chi connectivity index (χ2n) is 4.47. The highest BCUT2D eigenvalue weighted by Crippen LogP contribution is 2.34. The summed E-state index contributed by atoms with van der Waals surface area (Å²) in [6, 6.07) is 5.56. The number of hydrogen-bond donors (Lipinski definition) is 1. The second-order valence-corrected chi connectivity index (χ2v) is 4.47. The Bertz CT molecular complexity index is 491. The summed E-state index contributed by atoms with van der Waals surface area (Å²) in [5, 5.41) is 8.88. The van der Waals surface area contributed by atoms with E-state index in [0.29, 0.717) is 19.0 Å². The molecule has 4 nitrogen and oxygen atoms in total. The average molecular weight is 262 g/mol. The SMILES string of the molecule is CCCCOc1ccc2c(c1)OCC=C2CC(=O)O. The quantitative estimate of drug-likeness (QED) is 0.800. The van der Waals surface area contributed by atoms with Crippen molar-refractivity contribution >= 4 is 11.5 Å². The van der Waals surface area contributed by atoms with Gasteiger partial charge in [0.25, 0.3) is 0 Å². The van der Waals surface area contributed by atoms with E-state index < -0.39 is 5.97 Å². The molecule has 0 unspecified atom stereocenters. The van der Waals surface area contributed by atoms with Crippen LogP contribution in [0.3, 0.4) is 0 Å². The molecule has 0 radical (unpaired) electrons. The molecule has 0 aromatic heterocycles. The van der Waals surface area contributed by atoms with Crippen LogP contribution in [-0.4, -0.2) is 24.3 Å². The Morgan fingerprint density at radius 3 is 3.05 bits per heavy atom. The molecule has 1 aliphatic heterocycles. The van der Waals surface area contributed by atoms with Gasteiger partial charge in [0.1, 0.15) is 18.1 Å². The van der Waals surface area contributed by atoms with Crippen LogP contribution in [0.5, 0.6) is 11.5 Å². The predicted molar refractivity (Wildman–Crippen MR) is 72.6 cm³/mol. The van der Waals surface area contributed by atoms with Gasteiger partial charge in [0, 0.05) is 11.6 Å². The number of fused-ring (bicyclic) bond motifs is 1. The number of carboxylic acids is 1. The van der Waals surface area contributed by atoms with Gasteiger partial charge in [-0.05, 0) is 30.2 Å². The topological polar surface area (TPSA) is 55.8 Å². The van der Waals surface area contributed by atoms with Gasteiger partial charge in [0.2, 0.25) is 0 Å². The van der Waals surface area contributed by atoms with Crippen LogP contribution in [-0.2, 0) is 4.79 Å². The minimum atomic E-state index is -0.831. The molecule has 0 spiro atoms. The third-order valence-electron chi connectivity index (χ3n) is 2.98. The zero-order valence-corrected chi connectivity index (χ0v) is 11.0. The fourth-order valence-electron chi connectivity index (χ4n) is 1.98. The molecule has 1 aromatic rings. The van der Waals surface area contributed by atoms with Crippen molar-refractivity contribution in [3.8, 4) is 11.5 Å². The Balaban J connectivity index is 2.13.